The number of carbonyl (C=O) groups is 2. The number of nitrogens with one attached hydrogen (secondary N) is 1. The van der Waals surface area contributed by atoms with E-state index in [9.17, 15) is 9.59 Å². The average Bonchev–Trinajstić information content (AvgIpc) is 2.14. The number of Topliss-reactive ketones (excluding diaryl/α,β-unsaturated/α-hetero) is 1. The van der Waals surface area contributed by atoms with Crippen LogP contribution in [0, 0.1) is 0 Å². The largest absolute Gasteiger partial charge is 0.481 e. The van der Waals surface area contributed by atoms with Crippen LogP contribution in [0.25, 0.3) is 0 Å². The molecule has 0 rings (SSSR count). The van der Waals surface area contributed by atoms with E-state index in [4.69, 9.17) is 5.11 Å². The molecule has 0 aromatic rings. The second-order valence-electron chi connectivity index (χ2n) is 3.32. The van der Waals surface area contributed by atoms with Gasteiger partial charge in [0.2, 0.25) is 0 Å². The molecule has 2 N–H and O–H groups in total. The lowest BCUT2D eigenvalue weighted by Crippen LogP contribution is -2.24. The Morgan fingerprint density at radius 2 is 1.93 bits per heavy atom. The fourth-order valence-corrected chi connectivity index (χ4v) is 1.06. The van der Waals surface area contributed by atoms with Crippen molar-refractivity contribution in [2.45, 2.75) is 39.0 Å². The van der Waals surface area contributed by atoms with Crippen LogP contribution in [0.15, 0.2) is 0 Å². The van der Waals surface area contributed by atoms with Gasteiger partial charge in [0.25, 0.3) is 0 Å². The van der Waals surface area contributed by atoms with Gasteiger partial charge in [0.15, 0.2) is 0 Å². The summed E-state index contributed by atoms with van der Waals surface area (Å²) in [5.41, 5.74) is 0. The van der Waals surface area contributed by atoms with Crippen molar-refractivity contribution in [1.82, 2.24) is 5.32 Å². The van der Waals surface area contributed by atoms with Gasteiger partial charge >= 0.3 is 5.97 Å². The fraction of sp³-hybridized carbons (Fsp3) is 0.800. The molecule has 0 atom stereocenters. The predicted molar refractivity (Wildman–Crippen MR) is 54.3 cm³/mol. The van der Waals surface area contributed by atoms with Crippen LogP contribution in [-0.2, 0) is 9.59 Å². The summed E-state index contributed by atoms with van der Waals surface area (Å²) >= 11 is 0. The van der Waals surface area contributed by atoms with Crippen molar-refractivity contribution >= 4 is 11.8 Å². The van der Waals surface area contributed by atoms with Crippen LogP contribution in [-0.4, -0.2) is 29.9 Å². The zero-order valence-corrected chi connectivity index (χ0v) is 8.71. The first-order valence-electron chi connectivity index (χ1n) is 5.11. The second-order valence-corrected chi connectivity index (χ2v) is 3.32. The molecule has 4 heteroatoms. The molecule has 0 aromatic heterocycles. The van der Waals surface area contributed by atoms with Crippen LogP contribution in [0.4, 0.5) is 0 Å². The number of carboxylic acid groups (broad SMARTS) is 1. The van der Waals surface area contributed by atoms with Crippen LogP contribution in [0.2, 0.25) is 0 Å². The molecule has 0 saturated carbocycles. The lowest BCUT2D eigenvalue weighted by molar-refractivity contribution is -0.138. The molecule has 0 unspecified atom stereocenters. The summed E-state index contributed by atoms with van der Waals surface area (Å²) in [5, 5.41) is 11.3. The number of hydrogen-bond acceptors (Lipinski definition) is 3. The number of aliphatic carboxylic acids is 1. The van der Waals surface area contributed by atoms with Crippen molar-refractivity contribution in [3.05, 3.63) is 0 Å². The minimum Gasteiger partial charge on any atom is -0.481 e. The first kappa shape index (κ1) is 13.1. The average molecular weight is 201 g/mol. The Hall–Kier alpha value is -0.900. The zero-order chi connectivity index (χ0) is 10.8. The molecule has 0 aliphatic rings. The van der Waals surface area contributed by atoms with Crippen molar-refractivity contribution in [2.75, 3.05) is 13.1 Å². The van der Waals surface area contributed by atoms with Gasteiger partial charge in [0.05, 0.1) is 13.0 Å². The number of carboxylic acids is 1. The number of ketones is 1. The molecule has 0 radical (unpaired) electrons. The van der Waals surface area contributed by atoms with E-state index in [2.05, 4.69) is 12.2 Å². The number of carbonyl (C=O) groups excluding carboxylic acids is 1. The third-order valence-corrected chi connectivity index (χ3v) is 1.90. The van der Waals surface area contributed by atoms with Crippen LogP contribution < -0.4 is 5.32 Å². The van der Waals surface area contributed by atoms with Gasteiger partial charge in [-0.05, 0) is 13.0 Å². The standard InChI is InChI=1S/C10H19NO3/c1-2-3-4-7-11-8-9(12)5-6-10(13)14/h11H,2-8H2,1H3,(H,13,14). The van der Waals surface area contributed by atoms with Gasteiger partial charge in [0.1, 0.15) is 5.78 Å². The van der Waals surface area contributed by atoms with E-state index in [0.29, 0.717) is 6.54 Å². The van der Waals surface area contributed by atoms with Gasteiger partial charge in [-0.25, -0.2) is 0 Å². The van der Waals surface area contributed by atoms with Gasteiger partial charge in [-0.1, -0.05) is 19.8 Å². The van der Waals surface area contributed by atoms with E-state index in [-0.39, 0.29) is 18.6 Å². The maximum atomic E-state index is 11.1. The second kappa shape index (κ2) is 8.69. The van der Waals surface area contributed by atoms with Crippen LogP contribution >= 0.6 is 0 Å². The molecule has 0 bridgehead atoms. The zero-order valence-electron chi connectivity index (χ0n) is 8.71. The smallest absolute Gasteiger partial charge is 0.303 e. The fourth-order valence-electron chi connectivity index (χ4n) is 1.06. The molecule has 0 aliphatic carbocycles. The minimum absolute atomic E-state index is 0.0242. The monoisotopic (exact) mass is 201 g/mol. The first-order valence-corrected chi connectivity index (χ1v) is 5.11. The molecular weight excluding hydrogens is 182 g/mol. The van der Waals surface area contributed by atoms with E-state index in [0.717, 1.165) is 25.8 Å². The normalized spacial score (nSPS) is 10.1. The molecule has 4 nitrogen and oxygen atoms in total. The summed E-state index contributed by atoms with van der Waals surface area (Å²) in [6, 6.07) is 0. The van der Waals surface area contributed by atoms with Gasteiger partial charge in [-0.15, -0.1) is 0 Å². The Morgan fingerprint density at radius 1 is 1.21 bits per heavy atom. The minimum atomic E-state index is -0.913. The Kier molecular flexibility index (Phi) is 8.13. The molecule has 0 amide bonds. The Morgan fingerprint density at radius 3 is 2.50 bits per heavy atom. The maximum absolute atomic E-state index is 11.1. The molecule has 0 saturated heterocycles. The van der Waals surface area contributed by atoms with E-state index in [1.54, 1.807) is 0 Å². The Bertz CT molecular complexity index is 180. The van der Waals surface area contributed by atoms with E-state index < -0.39 is 5.97 Å². The first-order chi connectivity index (χ1) is 6.66. The third kappa shape index (κ3) is 9.19. The van der Waals surface area contributed by atoms with Crippen molar-refractivity contribution in [3.63, 3.8) is 0 Å². The van der Waals surface area contributed by atoms with Crippen LogP contribution in [0.1, 0.15) is 39.0 Å². The van der Waals surface area contributed by atoms with E-state index >= 15 is 0 Å². The van der Waals surface area contributed by atoms with Crippen molar-refractivity contribution in [1.29, 1.82) is 0 Å². The van der Waals surface area contributed by atoms with E-state index in [1.165, 1.54) is 0 Å². The van der Waals surface area contributed by atoms with Crippen molar-refractivity contribution in [3.8, 4) is 0 Å². The summed E-state index contributed by atoms with van der Waals surface area (Å²) in [5.74, 6) is -0.937. The molecule has 82 valence electrons. The maximum Gasteiger partial charge on any atom is 0.303 e. The summed E-state index contributed by atoms with van der Waals surface area (Å²) < 4.78 is 0. The predicted octanol–water partition coefficient (Wildman–Crippen LogP) is 1.20. The highest BCUT2D eigenvalue weighted by molar-refractivity contribution is 5.83. The molecule has 14 heavy (non-hydrogen) atoms. The number of rotatable bonds is 9. The molecule has 0 spiro atoms. The summed E-state index contributed by atoms with van der Waals surface area (Å²) in [4.78, 5) is 21.2. The highest BCUT2D eigenvalue weighted by Crippen LogP contribution is 1.92. The van der Waals surface area contributed by atoms with Crippen LogP contribution in [0.3, 0.4) is 0 Å². The Labute approximate surface area is 84.7 Å². The van der Waals surface area contributed by atoms with Gasteiger partial charge in [-0.3, -0.25) is 9.59 Å². The Balaban J connectivity index is 3.22. The van der Waals surface area contributed by atoms with Crippen molar-refractivity contribution in [2.24, 2.45) is 0 Å². The molecule has 0 aliphatic heterocycles. The third-order valence-electron chi connectivity index (χ3n) is 1.90. The lowest BCUT2D eigenvalue weighted by Gasteiger charge is -2.02. The summed E-state index contributed by atoms with van der Waals surface area (Å²) in [6.07, 6.45) is 3.47. The molecular formula is C10H19NO3. The highest BCUT2D eigenvalue weighted by Gasteiger charge is 2.04. The topological polar surface area (TPSA) is 66.4 Å². The number of unbranched alkanes of at least 4 members (excludes halogenated alkanes) is 2. The molecule has 0 aromatic carbocycles. The summed E-state index contributed by atoms with van der Waals surface area (Å²) in [7, 11) is 0. The molecule has 0 heterocycles. The van der Waals surface area contributed by atoms with Crippen LogP contribution in [0.5, 0.6) is 0 Å². The van der Waals surface area contributed by atoms with Crippen molar-refractivity contribution < 1.29 is 14.7 Å². The summed E-state index contributed by atoms with van der Waals surface area (Å²) in [6.45, 7) is 3.27. The highest BCUT2D eigenvalue weighted by atomic mass is 16.4. The quantitative estimate of drug-likeness (QED) is 0.550. The SMILES string of the molecule is CCCCCNCC(=O)CCC(=O)O. The molecule has 0 fully saturated rings. The van der Waals surface area contributed by atoms with Gasteiger partial charge in [-0.2, -0.15) is 0 Å². The lowest BCUT2D eigenvalue weighted by atomic mass is 10.2. The van der Waals surface area contributed by atoms with Gasteiger partial charge in [0, 0.05) is 6.42 Å². The number of hydrogen-bond donors (Lipinski definition) is 2. The van der Waals surface area contributed by atoms with E-state index in [1.807, 2.05) is 0 Å². The van der Waals surface area contributed by atoms with Gasteiger partial charge < -0.3 is 10.4 Å².